The van der Waals surface area contributed by atoms with Crippen LogP contribution in [0.3, 0.4) is 0 Å². The van der Waals surface area contributed by atoms with Crippen LogP contribution in [0.2, 0.25) is 0 Å². The number of anilines is 1. The van der Waals surface area contributed by atoms with Crippen LogP contribution in [0.15, 0.2) is 36.5 Å². The van der Waals surface area contributed by atoms with E-state index < -0.39 is 53.3 Å². The Kier molecular flexibility index (Phi) is 10.8. The third kappa shape index (κ3) is 8.38. The zero-order valence-corrected chi connectivity index (χ0v) is 28.3. The highest BCUT2D eigenvalue weighted by atomic mass is 32.1. The van der Waals surface area contributed by atoms with E-state index in [2.05, 4.69) is 0 Å². The molecule has 0 radical (unpaired) electrons. The lowest BCUT2D eigenvalue weighted by atomic mass is 9.80. The van der Waals surface area contributed by atoms with Gasteiger partial charge in [-0.1, -0.05) is 0 Å². The minimum absolute atomic E-state index is 0.0239. The first kappa shape index (κ1) is 37.1. The van der Waals surface area contributed by atoms with Gasteiger partial charge in [-0.3, -0.25) is 14.5 Å². The summed E-state index contributed by atoms with van der Waals surface area (Å²) < 4.78 is 87.2. The minimum Gasteiger partial charge on any atom is -0.481 e. The molecule has 1 N–H and O–H groups in total. The SMILES string of the molecule is CCN(C[C@H]1CC[C@H](CC(=O)O)CC1)c1ncc(-c2ccc(C(C)=O)s2)nc1CN1C(=O)OC(c2cc(C(F)(F)F)cc(C(F)(F)F)c2)[C@@H]1C. The van der Waals surface area contributed by atoms with E-state index in [0.717, 1.165) is 25.7 Å². The fraction of sp³-hybridized carbons (Fsp3) is 0.500. The molecule has 2 aliphatic rings. The van der Waals surface area contributed by atoms with Gasteiger partial charge in [0.05, 0.1) is 45.4 Å². The number of nitrogens with zero attached hydrogens (tertiary/aromatic N) is 4. The van der Waals surface area contributed by atoms with Gasteiger partial charge < -0.3 is 14.7 Å². The molecule has 2 aromatic heterocycles. The highest BCUT2D eigenvalue weighted by molar-refractivity contribution is 7.17. The Hall–Kier alpha value is -4.21. The summed E-state index contributed by atoms with van der Waals surface area (Å²) in [5.41, 5.74) is -2.73. The van der Waals surface area contributed by atoms with Crippen molar-refractivity contribution in [1.29, 1.82) is 0 Å². The van der Waals surface area contributed by atoms with Crippen LogP contribution in [0.5, 0.6) is 0 Å². The fourth-order valence-corrected chi connectivity index (χ4v) is 7.44. The molecule has 16 heteroatoms. The summed E-state index contributed by atoms with van der Waals surface area (Å²) in [5.74, 6) is -0.179. The lowest BCUT2D eigenvalue weighted by Gasteiger charge is -2.33. The molecule has 1 aliphatic carbocycles. The number of aromatic nitrogens is 2. The normalized spacial score (nSPS) is 21.3. The van der Waals surface area contributed by atoms with Crippen molar-refractivity contribution in [2.75, 3.05) is 18.0 Å². The maximum Gasteiger partial charge on any atom is 0.416 e. The number of hydrogen-bond acceptors (Lipinski definition) is 8. The molecule has 1 saturated carbocycles. The van der Waals surface area contributed by atoms with Crippen molar-refractivity contribution in [3.8, 4) is 10.6 Å². The zero-order chi connectivity index (χ0) is 36.5. The van der Waals surface area contributed by atoms with Crippen LogP contribution in [0, 0.1) is 11.8 Å². The number of carbonyl (C=O) groups is 3. The molecule has 0 spiro atoms. The summed E-state index contributed by atoms with van der Waals surface area (Å²) >= 11 is 1.21. The van der Waals surface area contributed by atoms with Crippen LogP contribution in [0.4, 0.5) is 37.0 Å². The van der Waals surface area contributed by atoms with Crippen molar-refractivity contribution < 1.29 is 50.6 Å². The molecule has 2 atom stereocenters. The second-order valence-electron chi connectivity index (χ2n) is 12.8. The number of amides is 1. The van der Waals surface area contributed by atoms with Crippen LogP contribution in [0.25, 0.3) is 10.6 Å². The third-order valence-electron chi connectivity index (χ3n) is 9.27. The van der Waals surface area contributed by atoms with E-state index in [0.29, 0.717) is 52.2 Å². The molecule has 3 aromatic rings. The van der Waals surface area contributed by atoms with Crippen molar-refractivity contribution in [1.82, 2.24) is 14.9 Å². The Morgan fingerprint density at radius 1 is 1.02 bits per heavy atom. The molecule has 270 valence electrons. The van der Waals surface area contributed by atoms with E-state index in [1.807, 2.05) is 11.8 Å². The standard InChI is InChI=1S/C34H36F6N4O5S/c1-4-43(16-21-7-5-20(6-8-21)11-29(46)47)31-26(42-25(15-41-31)28-10-9-27(50-28)19(3)45)17-44-18(2)30(49-32(44)48)22-12-23(33(35,36)37)14-24(13-22)34(38,39)40/h9-10,12-15,18,20-21,30H,4-8,11,16-17H2,1-3H3,(H,46,47)/t18-,20-,21-,30?/m0/s1. The number of ether oxygens (including phenoxy) is 1. The summed E-state index contributed by atoms with van der Waals surface area (Å²) in [6.45, 7) is 5.68. The first-order valence-corrected chi connectivity index (χ1v) is 17.0. The number of hydrogen-bond donors (Lipinski definition) is 1. The second-order valence-corrected chi connectivity index (χ2v) is 13.9. The third-order valence-corrected chi connectivity index (χ3v) is 10.5. The Balaban J connectivity index is 1.47. The number of aliphatic carboxylic acids is 1. The molecule has 1 aromatic carbocycles. The Bertz CT molecular complexity index is 1710. The second kappa shape index (κ2) is 14.6. The number of carboxylic acid groups (broad SMARTS) is 1. The maximum atomic E-state index is 13.6. The molecule has 1 aliphatic heterocycles. The minimum atomic E-state index is -5.07. The predicted molar refractivity (Wildman–Crippen MR) is 172 cm³/mol. The van der Waals surface area contributed by atoms with E-state index in [1.165, 1.54) is 30.1 Å². The molecule has 5 rings (SSSR count). The molecule has 50 heavy (non-hydrogen) atoms. The molecule has 0 bridgehead atoms. The average Bonchev–Trinajstić information content (AvgIpc) is 3.65. The number of carbonyl (C=O) groups excluding carboxylic acids is 2. The van der Waals surface area contributed by atoms with Gasteiger partial charge in [0, 0.05) is 19.5 Å². The summed E-state index contributed by atoms with van der Waals surface area (Å²) in [5, 5.41) is 9.19. The van der Waals surface area contributed by atoms with Crippen molar-refractivity contribution >= 4 is 35.0 Å². The number of benzene rings is 1. The number of ketones is 1. The van der Waals surface area contributed by atoms with Gasteiger partial charge in [-0.25, -0.2) is 14.8 Å². The smallest absolute Gasteiger partial charge is 0.416 e. The summed E-state index contributed by atoms with van der Waals surface area (Å²) in [6, 6.07) is 3.54. The molecule has 2 fully saturated rings. The van der Waals surface area contributed by atoms with Crippen LogP contribution in [0.1, 0.15) is 91.0 Å². The van der Waals surface area contributed by atoms with Crippen molar-refractivity contribution in [3.63, 3.8) is 0 Å². The molecule has 1 amide bonds. The van der Waals surface area contributed by atoms with Gasteiger partial charge >= 0.3 is 24.4 Å². The largest absolute Gasteiger partial charge is 0.481 e. The maximum absolute atomic E-state index is 13.6. The Morgan fingerprint density at radius 3 is 2.18 bits per heavy atom. The molecular formula is C34H36F6N4O5S. The number of thiophene rings is 1. The van der Waals surface area contributed by atoms with Crippen molar-refractivity contribution in [2.45, 2.75) is 83.9 Å². The lowest BCUT2D eigenvalue weighted by molar-refractivity contribution is -0.143. The van der Waals surface area contributed by atoms with Crippen molar-refractivity contribution in [2.24, 2.45) is 11.8 Å². The van der Waals surface area contributed by atoms with E-state index in [-0.39, 0.29) is 36.7 Å². The first-order chi connectivity index (χ1) is 23.4. The number of alkyl halides is 6. The summed E-state index contributed by atoms with van der Waals surface area (Å²) in [4.78, 5) is 50.3. The Labute approximate surface area is 288 Å². The van der Waals surface area contributed by atoms with Crippen LogP contribution < -0.4 is 4.90 Å². The topological polar surface area (TPSA) is 113 Å². The van der Waals surface area contributed by atoms with Crippen LogP contribution >= 0.6 is 11.3 Å². The number of halogens is 6. The first-order valence-electron chi connectivity index (χ1n) is 16.1. The molecule has 3 heterocycles. The molecule has 1 saturated heterocycles. The van der Waals surface area contributed by atoms with Gasteiger partial charge in [-0.2, -0.15) is 26.3 Å². The van der Waals surface area contributed by atoms with Gasteiger partial charge in [0.25, 0.3) is 0 Å². The van der Waals surface area contributed by atoms with E-state index in [4.69, 9.17) is 14.7 Å². The van der Waals surface area contributed by atoms with Crippen molar-refractivity contribution in [3.05, 3.63) is 63.8 Å². The zero-order valence-electron chi connectivity index (χ0n) is 27.5. The summed E-state index contributed by atoms with van der Waals surface area (Å²) in [7, 11) is 0. The molecule has 1 unspecified atom stereocenters. The van der Waals surface area contributed by atoms with Gasteiger partial charge in [-0.05, 0) is 94.2 Å². The highest BCUT2D eigenvalue weighted by Crippen LogP contribution is 2.42. The van der Waals surface area contributed by atoms with Gasteiger partial charge in [0.1, 0.15) is 11.8 Å². The van der Waals surface area contributed by atoms with E-state index >= 15 is 0 Å². The molecular weight excluding hydrogens is 690 g/mol. The Morgan fingerprint density at radius 2 is 1.64 bits per heavy atom. The number of carboxylic acids is 1. The van der Waals surface area contributed by atoms with E-state index in [9.17, 15) is 45.8 Å². The average molecular weight is 727 g/mol. The van der Waals surface area contributed by atoms with Crippen LogP contribution in [-0.2, 0) is 28.4 Å². The number of rotatable bonds is 11. The highest BCUT2D eigenvalue weighted by Gasteiger charge is 2.44. The number of Topliss-reactive ketones (excluding diaryl/α,β-unsaturated/α-hetero) is 1. The monoisotopic (exact) mass is 726 g/mol. The predicted octanol–water partition coefficient (Wildman–Crippen LogP) is 8.63. The quantitative estimate of drug-likeness (QED) is 0.154. The van der Waals surface area contributed by atoms with Gasteiger partial charge in [-0.15, -0.1) is 11.3 Å². The van der Waals surface area contributed by atoms with Crippen LogP contribution in [-0.4, -0.2) is 57.0 Å². The fourth-order valence-electron chi connectivity index (χ4n) is 6.58. The van der Waals surface area contributed by atoms with Gasteiger partial charge in [0.2, 0.25) is 0 Å². The van der Waals surface area contributed by atoms with Gasteiger partial charge in [0.15, 0.2) is 11.6 Å². The lowest BCUT2D eigenvalue weighted by Crippen LogP contribution is -2.36. The summed E-state index contributed by atoms with van der Waals surface area (Å²) in [6.07, 6.45) is -7.69. The molecule has 9 nitrogen and oxygen atoms in total. The number of cyclic esters (lactones) is 1. The van der Waals surface area contributed by atoms with E-state index in [1.54, 1.807) is 18.3 Å².